The standard InChI is InChI=1S/C17H24F3N3O2S2/c1-12-4-2-3-5-15(12)22-16(26)23(11-17(18,19)20)10-13-6-8-14(9-7-13)27(21,24)25/h6-9,12,15H,2-5,10-11H2,1H3,(H,22,26)(H2,21,24,25)/t12-,15-/m1/s1. The molecule has 1 aromatic carbocycles. The van der Waals surface area contributed by atoms with E-state index in [0.29, 0.717) is 11.5 Å². The number of nitrogens with two attached hydrogens (primary N) is 1. The van der Waals surface area contributed by atoms with Gasteiger partial charge in [0.15, 0.2) is 5.11 Å². The van der Waals surface area contributed by atoms with Crippen molar-refractivity contribution in [3.63, 3.8) is 0 Å². The largest absolute Gasteiger partial charge is 0.406 e. The van der Waals surface area contributed by atoms with Crippen molar-refractivity contribution in [3.05, 3.63) is 29.8 Å². The van der Waals surface area contributed by atoms with Gasteiger partial charge in [0.2, 0.25) is 10.0 Å². The number of nitrogens with zero attached hydrogens (tertiary/aromatic N) is 1. The van der Waals surface area contributed by atoms with Gasteiger partial charge in [-0.15, -0.1) is 0 Å². The van der Waals surface area contributed by atoms with E-state index in [1.54, 1.807) is 0 Å². The lowest BCUT2D eigenvalue weighted by molar-refractivity contribution is -0.138. The van der Waals surface area contributed by atoms with Crippen LogP contribution in [0.1, 0.15) is 38.2 Å². The number of alkyl halides is 3. The first kappa shape index (κ1) is 21.9. The van der Waals surface area contributed by atoms with Crippen molar-refractivity contribution in [1.29, 1.82) is 0 Å². The fourth-order valence-corrected chi connectivity index (χ4v) is 4.00. The van der Waals surface area contributed by atoms with Gasteiger partial charge in [0.05, 0.1) is 4.90 Å². The average Bonchev–Trinajstić information content (AvgIpc) is 2.55. The lowest BCUT2D eigenvalue weighted by Crippen LogP contribution is -2.49. The highest BCUT2D eigenvalue weighted by molar-refractivity contribution is 7.89. The zero-order valence-electron chi connectivity index (χ0n) is 15.0. The molecule has 1 saturated carbocycles. The second-order valence-corrected chi connectivity index (χ2v) is 8.93. The van der Waals surface area contributed by atoms with Crippen molar-refractivity contribution >= 4 is 27.4 Å². The minimum atomic E-state index is -4.41. The Morgan fingerprint density at radius 3 is 2.37 bits per heavy atom. The van der Waals surface area contributed by atoms with E-state index in [1.165, 1.54) is 24.3 Å². The topological polar surface area (TPSA) is 75.4 Å². The molecule has 1 aromatic rings. The minimum absolute atomic E-state index is 0.0570. The third-order valence-corrected chi connectivity index (χ3v) is 6.01. The van der Waals surface area contributed by atoms with Gasteiger partial charge in [-0.2, -0.15) is 13.2 Å². The van der Waals surface area contributed by atoms with Crippen LogP contribution in [0, 0.1) is 5.92 Å². The molecule has 27 heavy (non-hydrogen) atoms. The highest BCUT2D eigenvalue weighted by atomic mass is 32.2. The zero-order chi connectivity index (χ0) is 20.2. The van der Waals surface area contributed by atoms with Crippen LogP contribution in [0.15, 0.2) is 29.2 Å². The summed E-state index contributed by atoms with van der Waals surface area (Å²) in [5.74, 6) is 0.346. The van der Waals surface area contributed by atoms with E-state index in [9.17, 15) is 21.6 Å². The Kier molecular flexibility index (Phi) is 7.09. The van der Waals surface area contributed by atoms with Crippen LogP contribution in [0.4, 0.5) is 13.2 Å². The number of hydrogen-bond donors (Lipinski definition) is 2. The Hall–Kier alpha value is -1.39. The van der Waals surface area contributed by atoms with Gasteiger partial charge in [-0.3, -0.25) is 0 Å². The van der Waals surface area contributed by atoms with Crippen LogP contribution in [0.5, 0.6) is 0 Å². The first-order chi connectivity index (χ1) is 12.5. The fraction of sp³-hybridized carbons (Fsp3) is 0.588. The monoisotopic (exact) mass is 423 g/mol. The van der Waals surface area contributed by atoms with Gasteiger partial charge >= 0.3 is 6.18 Å². The van der Waals surface area contributed by atoms with E-state index in [1.807, 2.05) is 0 Å². The number of halogens is 3. The quantitative estimate of drug-likeness (QED) is 0.712. The molecule has 0 amide bonds. The maximum atomic E-state index is 13.0. The van der Waals surface area contributed by atoms with Gasteiger partial charge in [0, 0.05) is 12.6 Å². The molecular weight excluding hydrogens is 399 g/mol. The van der Waals surface area contributed by atoms with Crippen molar-refractivity contribution in [1.82, 2.24) is 10.2 Å². The van der Waals surface area contributed by atoms with Crippen molar-refractivity contribution in [3.8, 4) is 0 Å². The number of sulfonamides is 1. The predicted molar refractivity (Wildman–Crippen MR) is 101 cm³/mol. The van der Waals surface area contributed by atoms with E-state index in [-0.39, 0.29) is 22.6 Å². The highest BCUT2D eigenvalue weighted by Crippen LogP contribution is 2.25. The molecule has 0 saturated heterocycles. The van der Waals surface area contributed by atoms with Crippen LogP contribution >= 0.6 is 12.2 Å². The normalized spacial score (nSPS) is 20.9. The van der Waals surface area contributed by atoms with E-state index in [4.69, 9.17) is 17.4 Å². The molecule has 0 bridgehead atoms. The summed E-state index contributed by atoms with van der Waals surface area (Å²) < 4.78 is 61.7. The maximum Gasteiger partial charge on any atom is 0.406 e. The number of hydrogen-bond acceptors (Lipinski definition) is 3. The zero-order valence-corrected chi connectivity index (χ0v) is 16.6. The molecule has 0 unspecified atom stereocenters. The lowest BCUT2D eigenvalue weighted by atomic mass is 9.86. The van der Waals surface area contributed by atoms with Crippen LogP contribution in [-0.4, -0.2) is 37.2 Å². The van der Waals surface area contributed by atoms with Gasteiger partial charge < -0.3 is 10.2 Å². The Morgan fingerprint density at radius 2 is 1.85 bits per heavy atom. The second-order valence-electron chi connectivity index (χ2n) is 6.98. The van der Waals surface area contributed by atoms with Gasteiger partial charge in [0.1, 0.15) is 6.54 Å². The molecule has 3 N–H and O–H groups in total. The molecule has 2 rings (SSSR count). The number of rotatable bonds is 5. The third-order valence-electron chi connectivity index (χ3n) is 4.70. The molecule has 0 aliphatic heterocycles. The summed E-state index contributed by atoms with van der Waals surface area (Å²) in [4.78, 5) is 0.966. The van der Waals surface area contributed by atoms with Crippen molar-refractivity contribution in [2.75, 3.05) is 6.54 Å². The number of primary sulfonamides is 1. The fourth-order valence-electron chi connectivity index (χ4n) is 3.20. The summed E-state index contributed by atoms with van der Waals surface area (Å²) >= 11 is 5.26. The second kappa shape index (κ2) is 8.74. The summed E-state index contributed by atoms with van der Waals surface area (Å²) in [6.45, 7) is 0.799. The molecule has 1 aliphatic carbocycles. The number of nitrogens with one attached hydrogen (secondary N) is 1. The SMILES string of the molecule is C[C@@H]1CCCC[C@H]1NC(=S)N(Cc1ccc(S(N)(=O)=O)cc1)CC(F)(F)F. The summed E-state index contributed by atoms with van der Waals surface area (Å²) in [7, 11) is -3.85. The van der Waals surface area contributed by atoms with Crippen LogP contribution in [0.25, 0.3) is 0 Å². The summed E-state index contributed by atoms with van der Waals surface area (Å²) in [6.07, 6.45) is -0.364. The number of benzene rings is 1. The first-order valence-corrected chi connectivity index (χ1v) is 10.6. The molecular formula is C17H24F3N3O2S2. The molecule has 0 heterocycles. The highest BCUT2D eigenvalue weighted by Gasteiger charge is 2.33. The van der Waals surface area contributed by atoms with E-state index < -0.39 is 22.7 Å². The Morgan fingerprint density at radius 1 is 1.26 bits per heavy atom. The lowest BCUT2D eigenvalue weighted by Gasteiger charge is -2.34. The van der Waals surface area contributed by atoms with Crippen LogP contribution in [0.2, 0.25) is 0 Å². The molecule has 0 radical (unpaired) electrons. The van der Waals surface area contributed by atoms with Gasteiger partial charge in [-0.05, 0) is 48.7 Å². The van der Waals surface area contributed by atoms with Gasteiger partial charge in [-0.1, -0.05) is 31.9 Å². The van der Waals surface area contributed by atoms with Crippen LogP contribution in [0.3, 0.4) is 0 Å². The van der Waals surface area contributed by atoms with Gasteiger partial charge in [0.25, 0.3) is 0 Å². The third kappa shape index (κ3) is 6.93. The molecule has 0 aromatic heterocycles. The average molecular weight is 424 g/mol. The van der Waals surface area contributed by atoms with Crippen molar-refractivity contribution in [2.24, 2.45) is 11.1 Å². The first-order valence-electron chi connectivity index (χ1n) is 8.69. The minimum Gasteiger partial charge on any atom is -0.360 e. The molecule has 0 spiro atoms. The molecule has 1 aliphatic rings. The Labute approximate surface area is 163 Å². The molecule has 152 valence electrons. The Balaban J connectivity index is 2.12. The molecule has 2 atom stereocenters. The maximum absolute atomic E-state index is 13.0. The smallest absolute Gasteiger partial charge is 0.360 e. The summed E-state index contributed by atoms with van der Waals surface area (Å²) in [5, 5.41) is 8.18. The predicted octanol–water partition coefficient (Wildman–Crippen LogP) is 3.15. The number of thiocarbonyl (C=S) groups is 1. The molecule has 5 nitrogen and oxygen atoms in total. The van der Waals surface area contributed by atoms with Crippen molar-refractivity contribution in [2.45, 2.75) is 56.3 Å². The van der Waals surface area contributed by atoms with Crippen molar-refractivity contribution < 1.29 is 21.6 Å². The molecule has 1 fully saturated rings. The van der Waals surface area contributed by atoms with E-state index in [2.05, 4.69) is 12.2 Å². The Bertz CT molecular complexity index is 752. The van der Waals surface area contributed by atoms with Crippen LogP contribution < -0.4 is 10.5 Å². The summed E-state index contributed by atoms with van der Waals surface area (Å²) in [6, 6.07) is 5.49. The van der Waals surface area contributed by atoms with Gasteiger partial charge in [-0.25, -0.2) is 13.6 Å². The summed E-state index contributed by atoms with van der Waals surface area (Å²) in [5.41, 5.74) is 0.507. The van der Waals surface area contributed by atoms with E-state index in [0.717, 1.165) is 30.6 Å². The van der Waals surface area contributed by atoms with E-state index >= 15 is 0 Å². The van der Waals surface area contributed by atoms with Crippen LogP contribution in [-0.2, 0) is 16.6 Å². The molecule has 10 heteroatoms.